The third-order valence-electron chi connectivity index (χ3n) is 5.19. The van der Waals surface area contributed by atoms with Crippen molar-refractivity contribution in [3.05, 3.63) is 46.0 Å². The first kappa shape index (κ1) is 23.5. The third-order valence-corrected chi connectivity index (χ3v) is 5.63. The first-order valence-electron chi connectivity index (χ1n) is 9.82. The molecule has 1 aliphatic heterocycles. The molecule has 0 bridgehead atoms. The lowest BCUT2D eigenvalue weighted by Crippen LogP contribution is -2.48. The molecule has 0 radical (unpaired) electrons. The average molecular weight is 471 g/mol. The largest absolute Gasteiger partial charge is 0.391 e. The van der Waals surface area contributed by atoms with E-state index in [-0.39, 0.29) is 24.1 Å². The number of anilines is 2. The molecule has 0 unspecified atom stereocenters. The Balaban J connectivity index is 1.62. The van der Waals surface area contributed by atoms with E-state index in [9.17, 15) is 9.90 Å². The molecule has 168 valence electrons. The monoisotopic (exact) mass is 470 g/mol. The summed E-state index contributed by atoms with van der Waals surface area (Å²) in [5.74, 6) is -0.922. The summed E-state index contributed by atoms with van der Waals surface area (Å²) in [6.07, 6.45) is 1.28. The van der Waals surface area contributed by atoms with Gasteiger partial charge in [0.1, 0.15) is 6.33 Å². The van der Waals surface area contributed by atoms with Crippen LogP contribution in [0.15, 0.2) is 24.5 Å². The number of nitrogens with two attached hydrogens (primary N) is 1. The maximum absolute atomic E-state index is 15.0. The molecule has 2 aromatic rings. The Hall–Kier alpha value is -2.20. The SMILES string of the molecule is CN(Cc1cc(Cl)cc(Cl)c1)c1ncnc(NC[C@H]2CCN(CC(N)=O)C[C@@H]2O)c1F. The number of β-amino-alcohol motifs (C(OH)–C–C–N with tert-alkyl or cyclic N) is 1. The van der Waals surface area contributed by atoms with E-state index < -0.39 is 17.8 Å². The van der Waals surface area contributed by atoms with Gasteiger partial charge in [-0.15, -0.1) is 0 Å². The van der Waals surface area contributed by atoms with Crippen LogP contribution in [0.2, 0.25) is 10.0 Å². The number of benzene rings is 1. The molecule has 0 saturated carbocycles. The van der Waals surface area contributed by atoms with Crippen molar-refractivity contribution >= 4 is 40.7 Å². The summed E-state index contributed by atoms with van der Waals surface area (Å²) in [6.45, 7) is 1.79. The minimum Gasteiger partial charge on any atom is -0.391 e. The lowest BCUT2D eigenvalue weighted by molar-refractivity contribution is -0.120. The van der Waals surface area contributed by atoms with Crippen LogP contribution in [-0.4, -0.2) is 65.2 Å². The molecule has 1 saturated heterocycles. The highest BCUT2D eigenvalue weighted by atomic mass is 35.5. The molecule has 1 aromatic heterocycles. The predicted octanol–water partition coefficient (Wildman–Crippen LogP) is 2.14. The Morgan fingerprint density at radius 3 is 2.71 bits per heavy atom. The average Bonchev–Trinajstić information content (AvgIpc) is 2.67. The number of aliphatic hydroxyl groups excluding tert-OH is 1. The Morgan fingerprint density at radius 1 is 1.35 bits per heavy atom. The van der Waals surface area contributed by atoms with Crippen molar-refractivity contribution < 1.29 is 14.3 Å². The van der Waals surface area contributed by atoms with Crippen LogP contribution in [0.5, 0.6) is 0 Å². The third kappa shape index (κ3) is 6.39. The molecule has 2 heterocycles. The number of hydrogen-bond acceptors (Lipinski definition) is 7. The van der Waals surface area contributed by atoms with Crippen molar-refractivity contribution in [2.45, 2.75) is 19.1 Å². The number of amides is 1. The van der Waals surface area contributed by atoms with E-state index in [1.807, 2.05) is 4.90 Å². The molecule has 0 spiro atoms. The van der Waals surface area contributed by atoms with Crippen LogP contribution in [0.4, 0.5) is 16.0 Å². The number of primary amides is 1. The van der Waals surface area contributed by atoms with E-state index in [4.69, 9.17) is 28.9 Å². The van der Waals surface area contributed by atoms with Gasteiger partial charge in [-0.2, -0.15) is 4.39 Å². The smallest absolute Gasteiger partial charge is 0.231 e. The van der Waals surface area contributed by atoms with Crippen LogP contribution in [0.25, 0.3) is 0 Å². The van der Waals surface area contributed by atoms with Crippen molar-refractivity contribution in [3.63, 3.8) is 0 Å². The zero-order chi connectivity index (χ0) is 22.5. The van der Waals surface area contributed by atoms with E-state index in [0.29, 0.717) is 42.6 Å². The fourth-order valence-corrected chi connectivity index (χ4v) is 4.25. The summed E-state index contributed by atoms with van der Waals surface area (Å²) in [4.78, 5) is 22.6. The Morgan fingerprint density at radius 2 is 2.06 bits per heavy atom. The van der Waals surface area contributed by atoms with Gasteiger partial charge in [0.25, 0.3) is 0 Å². The van der Waals surface area contributed by atoms with E-state index >= 15 is 4.39 Å². The number of rotatable bonds is 8. The molecular formula is C20H25Cl2FN6O2. The van der Waals surface area contributed by atoms with Crippen LogP contribution in [0.1, 0.15) is 12.0 Å². The summed E-state index contributed by atoms with van der Waals surface area (Å²) in [7, 11) is 1.71. The maximum atomic E-state index is 15.0. The van der Waals surface area contributed by atoms with Gasteiger partial charge < -0.3 is 21.1 Å². The summed E-state index contributed by atoms with van der Waals surface area (Å²) >= 11 is 12.1. The standard InChI is InChI=1S/C20H25Cl2FN6O2/c1-28(8-12-4-14(21)6-15(22)5-12)20-18(23)19(26-11-27-20)25-7-13-2-3-29(9-16(13)30)10-17(24)31/h4-6,11,13,16,30H,2-3,7-10H2,1H3,(H2,24,31)(H,25,26,27)/t13-,16+/m1/s1. The van der Waals surface area contributed by atoms with Gasteiger partial charge in [0.15, 0.2) is 11.6 Å². The van der Waals surface area contributed by atoms with Crippen LogP contribution in [0.3, 0.4) is 0 Å². The number of nitrogens with one attached hydrogen (secondary N) is 1. The molecule has 0 aliphatic carbocycles. The second kappa shape index (κ2) is 10.4. The predicted molar refractivity (Wildman–Crippen MR) is 119 cm³/mol. The molecule has 1 amide bonds. The summed E-state index contributed by atoms with van der Waals surface area (Å²) in [6, 6.07) is 5.15. The molecule has 1 aromatic carbocycles. The maximum Gasteiger partial charge on any atom is 0.231 e. The first-order chi connectivity index (χ1) is 14.7. The normalized spacial score (nSPS) is 19.3. The lowest BCUT2D eigenvalue weighted by atomic mass is 9.94. The van der Waals surface area contributed by atoms with Gasteiger partial charge >= 0.3 is 0 Å². The molecule has 11 heteroatoms. The lowest BCUT2D eigenvalue weighted by Gasteiger charge is -2.35. The molecule has 2 atom stereocenters. The molecule has 8 nitrogen and oxygen atoms in total. The molecule has 1 aliphatic rings. The molecular weight excluding hydrogens is 446 g/mol. The highest BCUT2D eigenvalue weighted by molar-refractivity contribution is 6.34. The van der Waals surface area contributed by atoms with Crippen LogP contribution in [-0.2, 0) is 11.3 Å². The number of aliphatic hydroxyl groups is 1. The van der Waals surface area contributed by atoms with Crippen molar-refractivity contribution in [1.82, 2.24) is 14.9 Å². The fraction of sp³-hybridized carbons (Fsp3) is 0.450. The number of carbonyl (C=O) groups excluding carboxylic acids is 1. The number of likely N-dealkylation sites (tertiary alicyclic amines) is 1. The van der Waals surface area contributed by atoms with E-state index in [0.717, 1.165) is 5.56 Å². The Bertz CT molecular complexity index is 914. The van der Waals surface area contributed by atoms with Gasteiger partial charge in [0, 0.05) is 42.6 Å². The second-order valence-corrected chi connectivity index (χ2v) is 8.56. The summed E-state index contributed by atoms with van der Waals surface area (Å²) in [5.41, 5.74) is 6.03. The number of carbonyl (C=O) groups is 1. The van der Waals surface area contributed by atoms with Crippen LogP contribution < -0.4 is 16.0 Å². The first-order valence-corrected chi connectivity index (χ1v) is 10.6. The quantitative estimate of drug-likeness (QED) is 0.542. The number of halogens is 3. The number of aromatic nitrogens is 2. The van der Waals surface area contributed by atoms with E-state index in [1.54, 1.807) is 30.1 Å². The van der Waals surface area contributed by atoms with Crippen LogP contribution in [0, 0.1) is 11.7 Å². The van der Waals surface area contributed by atoms with Gasteiger partial charge in [0.05, 0.1) is 12.6 Å². The van der Waals surface area contributed by atoms with Gasteiger partial charge in [-0.1, -0.05) is 23.2 Å². The summed E-state index contributed by atoms with van der Waals surface area (Å²) in [5, 5.41) is 14.3. The van der Waals surface area contributed by atoms with Gasteiger partial charge in [-0.3, -0.25) is 9.69 Å². The topological polar surface area (TPSA) is 108 Å². The van der Waals surface area contributed by atoms with Gasteiger partial charge in [0.2, 0.25) is 11.7 Å². The van der Waals surface area contributed by atoms with E-state index in [2.05, 4.69) is 15.3 Å². The Kier molecular flexibility index (Phi) is 7.88. The minimum atomic E-state index is -0.653. The zero-order valence-corrected chi connectivity index (χ0v) is 18.6. The van der Waals surface area contributed by atoms with Crippen molar-refractivity contribution in [3.8, 4) is 0 Å². The zero-order valence-electron chi connectivity index (χ0n) is 17.1. The molecule has 3 rings (SSSR count). The molecule has 31 heavy (non-hydrogen) atoms. The van der Waals surface area contributed by atoms with Crippen molar-refractivity contribution in [1.29, 1.82) is 0 Å². The highest BCUT2D eigenvalue weighted by Crippen LogP contribution is 2.25. The van der Waals surface area contributed by atoms with Crippen molar-refractivity contribution in [2.24, 2.45) is 11.7 Å². The minimum absolute atomic E-state index is 0.0627. The summed E-state index contributed by atoms with van der Waals surface area (Å²) < 4.78 is 15.0. The number of piperidine rings is 1. The van der Waals surface area contributed by atoms with E-state index in [1.165, 1.54) is 6.33 Å². The molecule has 4 N–H and O–H groups in total. The van der Waals surface area contributed by atoms with Crippen molar-refractivity contribution in [2.75, 3.05) is 43.4 Å². The Labute approximate surface area is 190 Å². The number of nitrogens with zero attached hydrogens (tertiary/aromatic N) is 4. The highest BCUT2D eigenvalue weighted by Gasteiger charge is 2.28. The second-order valence-electron chi connectivity index (χ2n) is 7.69. The van der Waals surface area contributed by atoms with Crippen LogP contribution >= 0.6 is 23.2 Å². The fourth-order valence-electron chi connectivity index (χ4n) is 3.68. The van der Waals surface area contributed by atoms with Gasteiger partial charge in [-0.05, 0) is 36.7 Å². The molecule has 1 fully saturated rings. The number of hydrogen-bond donors (Lipinski definition) is 3. The van der Waals surface area contributed by atoms with Gasteiger partial charge in [-0.25, -0.2) is 9.97 Å².